The molecule has 1 heterocycles. The highest BCUT2D eigenvalue weighted by Gasteiger charge is 2.34. The van der Waals surface area contributed by atoms with Crippen molar-refractivity contribution in [2.45, 2.75) is 25.8 Å². The molecule has 0 saturated carbocycles. The summed E-state index contributed by atoms with van der Waals surface area (Å²) in [4.78, 5) is 28.1. The number of methoxy groups -OCH3 is 1. The van der Waals surface area contributed by atoms with Crippen molar-refractivity contribution >= 4 is 11.9 Å². The molecule has 1 atom stereocenters. The van der Waals surface area contributed by atoms with Crippen LogP contribution in [0.2, 0.25) is 0 Å². The van der Waals surface area contributed by atoms with Gasteiger partial charge in [0, 0.05) is 11.8 Å². The first-order valence-corrected chi connectivity index (χ1v) is 7.57. The molecule has 6 heteroatoms. The van der Waals surface area contributed by atoms with Crippen LogP contribution in [0.4, 0.5) is 0 Å². The second kappa shape index (κ2) is 7.59. The van der Waals surface area contributed by atoms with E-state index < -0.39 is 11.5 Å². The van der Waals surface area contributed by atoms with Gasteiger partial charge in [-0.15, -0.1) is 0 Å². The SMILES string of the molecule is CC[C@@](C)(NC(=O)c1ccc(Oc2cccnc2)cc1)C(=O)OC. The van der Waals surface area contributed by atoms with E-state index in [0.717, 1.165) is 0 Å². The minimum atomic E-state index is -1.06. The fourth-order valence-electron chi connectivity index (χ4n) is 2.05. The van der Waals surface area contributed by atoms with E-state index in [1.165, 1.54) is 7.11 Å². The van der Waals surface area contributed by atoms with Crippen molar-refractivity contribution in [2.24, 2.45) is 0 Å². The molecule has 126 valence electrons. The normalized spacial score (nSPS) is 12.8. The quantitative estimate of drug-likeness (QED) is 0.825. The molecule has 1 N–H and O–H groups in total. The molecule has 1 aromatic heterocycles. The van der Waals surface area contributed by atoms with Crippen LogP contribution in [-0.4, -0.2) is 29.5 Å². The van der Waals surface area contributed by atoms with Crippen molar-refractivity contribution in [3.05, 3.63) is 54.4 Å². The number of aromatic nitrogens is 1. The number of nitrogens with one attached hydrogen (secondary N) is 1. The summed E-state index contributed by atoms with van der Waals surface area (Å²) < 4.78 is 10.4. The van der Waals surface area contributed by atoms with Gasteiger partial charge >= 0.3 is 5.97 Å². The van der Waals surface area contributed by atoms with E-state index in [1.807, 2.05) is 6.92 Å². The average Bonchev–Trinajstić information content (AvgIpc) is 2.62. The van der Waals surface area contributed by atoms with Crippen LogP contribution in [0.3, 0.4) is 0 Å². The number of ether oxygens (including phenoxy) is 2. The molecule has 2 aromatic rings. The molecule has 1 aromatic carbocycles. The van der Waals surface area contributed by atoms with Gasteiger partial charge in [-0.25, -0.2) is 4.79 Å². The highest BCUT2D eigenvalue weighted by atomic mass is 16.5. The van der Waals surface area contributed by atoms with E-state index in [2.05, 4.69) is 10.3 Å². The topological polar surface area (TPSA) is 77.5 Å². The van der Waals surface area contributed by atoms with Crippen molar-refractivity contribution in [2.75, 3.05) is 7.11 Å². The van der Waals surface area contributed by atoms with Crippen molar-refractivity contribution in [3.63, 3.8) is 0 Å². The third-order valence-electron chi connectivity index (χ3n) is 3.72. The number of amides is 1. The monoisotopic (exact) mass is 328 g/mol. The number of pyridine rings is 1. The Morgan fingerprint density at radius 2 is 1.88 bits per heavy atom. The lowest BCUT2D eigenvalue weighted by Gasteiger charge is -2.26. The summed E-state index contributed by atoms with van der Waals surface area (Å²) in [6, 6.07) is 10.2. The first-order chi connectivity index (χ1) is 11.5. The number of rotatable bonds is 6. The van der Waals surface area contributed by atoms with Crippen molar-refractivity contribution in [1.82, 2.24) is 10.3 Å². The maximum atomic E-state index is 12.3. The van der Waals surface area contributed by atoms with Gasteiger partial charge in [0.05, 0.1) is 13.3 Å². The first-order valence-electron chi connectivity index (χ1n) is 7.57. The zero-order valence-electron chi connectivity index (χ0n) is 13.9. The number of carbonyl (C=O) groups is 2. The highest BCUT2D eigenvalue weighted by molar-refractivity contribution is 5.98. The summed E-state index contributed by atoms with van der Waals surface area (Å²) in [5, 5.41) is 2.71. The van der Waals surface area contributed by atoms with Crippen LogP contribution < -0.4 is 10.1 Å². The third-order valence-corrected chi connectivity index (χ3v) is 3.72. The molecule has 0 radical (unpaired) electrons. The summed E-state index contributed by atoms with van der Waals surface area (Å²) >= 11 is 0. The van der Waals surface area contributed by atoms with E-state index in [0.29, 0.717) is 23.5 Å². The Labute approximate surface area is 140 Å². The Morgan fingerprint density at radius 3 is 2.42 bits per heavy atom. The van der Waals surface area contributed by atoms with Crippen LogP contribution in [0.1, 0.15) is 30.6 Å². The molecule has 1 amide bonds. The number of hydrogen-bond donors (Lipinski definition) is 1. The summed E-state index contributed by atoms with van der Waals surface area (Å²) in [7, 11) is 1.30. The van der Waals surface area contributed by atoms with Crippen molar-refractivity contribution in [1.29, 1.82) is 0 Å². The van der Waals surface area contributed by atoms with Gasteiger partial charge in [0.2, 0.25) is 0 Å². The molecule has 0 fully saturated rings. The van der Waals surface area contributed by atoms with Crippen LogP contribution >= 0.6 is 0 Å². The van der Waals surface area contributed by atoms with E-state index >= 15 is 0 Å². The second-order valence-corrected chi connectivity index (χ2v) is 5.45. The van der Waals surface area contributed by atoms with Crippen LogP contribution in [-0.2, 0) is 9.53 Å². The van der Waals surface area contributed by atoms with Gasteiger partial charge in [-0.3, -0.25) is 9.78 Å². The molecular weight excluding hydrogens is 308 g/mol. The number of carbonyl (C=O) groups excluding carboxylic acids is 2. The van der Waals surface area contributed by atoms with Gasteiger partial charge in [0.1, 0.15) is 17.0 Å². The third kappa shape index (κ3) is 4.10. The molecule has 2 rings (SSSR count). The first kappa shape index (κ1) is 17.5. The smallest absolute Gasteiger partial charge is 0.331 e. The highest BCUT2D eigenvalue weighted by Crippen LogP contribution is 2.21. The number of nitrogens with zero attached hydrogens (tertiary/aromatic N) is 1. The van der Waals surface area contributed by atoms with Gasteiger partial charge in [-0.1, -0.05) is 6.92 Å². The minimum absolute atomic E-state index is 0.349. The number of hydrogen-bond acceptors (Lipinski definition) is 5. The predicted molar refractivity (Wildman–Crippen MR) is 88.9 cm³/mol. The second-order valence-electron chi connectivity index (χ2n) is 5.45. The lowest BCUT2D eigenvalue weighted by molar-refractivity contribution is -0.147. The van der Waals surface area contributed by atoms with Gasteiger partial charge < -0.3 is 14.8 Å². The van der Waals surface area contributed by atoms with Gasteiger partial charge in [-0.05, 0) is 49.7 Å². The van der Waals surface area contributed by atoms with Gasteiger partial charge in [-0.2, -0.15) is 0 Å². The largest absolute Gasteiger partial charge is 0.467 e. The zero-order chi connectivity index (χ0) is 17.6. The Hall–Kier alpha value is -2.89. The van der Waals surface area contributed by atoms with E-state index in [9.17, 15) is 9.59 Å². The Bertz CT molecular complexity index is 701. The Balaban J connectivity index is 2.07. The molecule has 6 nitrogen and oxygen atoms in total. The van der Waals surface area contributed by atoms with Crippen molar-refractivity contribution in [3.8, 4) is 11.5 Å². The fourth-order valence-corrected chi connectivity index (χ4v) is 2.05. The molecule has 0 spiro atoms. The molecule has 0 aliphatic carbocycles. The standard InChI is InChI=1S/C18H20N2O4/c1-4-18(2,17(22)23-3)20-16(21)13-7-9-14(10-8-13)24-15-6-5-11-19-12-15/h5-12H,4H2,1-3H3,(H,20,21)/t18-/m1/s1. The minimum Gasteiger partial charge on any atom is -0.467 e. The molecule has 0 aliphatic rings. The van der Waals surface area contributed by atoms with Crippen LogP contribution in [0.5, 0.6) is 11.5 Å². The molecule has 0 unspecified atom stereocenters. The lowest BCUT2D eigenvalue weighted by Crippen LogP contribution is -2.52. The van der Waals surface area contributed by atoms with E-state index in [-0.39, 0.29) is 5.91 Å². The van der Waals surface area contributed by atoms with Gasteiger partial charge in [0.15, 0.2) is 0 Å². The summed E-state index contributed by atoms with van der Waals surface area (Å²) in [5.41, 5.74) is -0.631. The van der Waals surface area contributed by atoms with E-state index in [1.54, 1.807) is 55.7 Å². The molecular formula is C18H20N2O4. The number of esters is 1. The summed E-state index contributed by atoms with van der Waals surface area (Å²) in [5.74, 6) is 0.372. The molecule has 0 saturated heterocycles. The number of benzene rings is 1. The van der Waals surface area contributed by atoms with Crippen LogP contribution in [0.25, 0.3) is 0 Å². The zero-order valence-corrected chi connectivity index (χ0v) is 13.9. The molecule has 0 aliphatic heterocycles. The summed E-state index contributed by atoms with van der Waals surface area (Å²) in [6.07, 6.45) is 3.68. The molecule has 24 heavy (non-hydrogen) atoms. The van der Waals surface area contributed by atoms with Crippen molar-refractivity contribution < 1.29 is 19.1 Å². The lowest BCUT2D eigenvalue weighted by atomic mass is 9.98. The maximum absolute atomic E-state index is 12.3. The Morgan fingerprint density at radius 1 is 1.17 bits per heavy atom. The van der Waals surface area contributed by atoms with Gasteiger partial charge in [0.25, 0.3) is 5.91 Å². The van der Waals surface area contributed by atoms with Crippen LogP contribution in [0.15, 0.2) is 48.8 Å². The van der Waals surface area contributed by atoms with Crippen LogP contribution in [0, 0.1) is 0 Å². The summed E-state index contributed by atoms with van der Waals surface area (Å²) in [6.45, 7) is 3.44. The predicted octanol–water partition coefficient (Wildman–Crippen LogP) is 2.95. The van der Waals surface area contributed by atoms with E-state index in [4.69, 9.17) is 9.47 Å². The fraction of sp³-hybridized carbons (Fsp3) is 0.278. The average molecular weight is 328 g/mol. The maximum Gasteiger partial charge on any atom is 0.331 e. The Kier molecular flexibility index (Phi) is 5.52. The molecule has 0 bridgehead atoms.